The summed E-state index contributed by atoms with van der Waals surface area (Å²) in [7, 11) is 0. The van der Waals surface area contributed by atoms with Crippen molar-refractivity contribution < 1.29 is 5.48 Å². The van der Waals surface area contributed by atoms with Gasteiger partial charge in [-0.15, -0.1) is 24.8 Å². The van der Waals surface area contributed by atoms with Crippen molar-refractivity contribution >= 4 is 37.4 Å². The van der Waals surface area contributed by atoms with Crippen LogP contribution in [0.3, 0.4) is 0 Å². The second kappa shape index (κ2) is 16.4. The van der Waals surface area contributed by atoms with E-state index < -0.39 is 12.9 Å². The summed E-state index contributed by atoms with van der Waals surface area (Å²) in [6.07, 6.45) is -2.05. The Bertz CT molecular complexity index is 144. The lowest BCUT2D eigenvalue weighted by Crippen LogP contribution is -2.20. The molecule has 0 aromatic rings. The zero-order valence-electron chi connectivity index (χ0n) is 9.46. The molecule has 0 aliphatic carbocycles. The maximum Gasteiger partial charge on any atom is 0.0426 e. The molecule has 3 N–H and O–H groups in total. The SMILES string of the molecule is Cl.Cl.[2H]C([2H])(N)C([2H])([2H])CNCCS. The van der Waals surface area contributed by atoms with Gasteiger partial charge in [-0.2, -0.15) is 12.6 Å². The standard InChI is InChI=1S/C5H14N2S.2ClH/c6-2-1-3-7-4-5-8;;/h7-8H,1-6H2;2*1H/i1D2,2D2;;. The Morgan fingerprint density at radius 3 is 2.40 bits per heavy atom. The molecule has 0 atom stereocenters. The summed E-state index contributed by atoms with van der Waals surface area (Å²) < 4.78 is 28.4. The van der Waals surface area contributed by atoms with Crippen LogP contribution in [-0.2, 0) is 0 Å². The molecule has 0 fully saturated rings. The summed E-state index contributed by atoms with van der Waals surface area (Å²) in [5.41, 5.74) is 4.99. The predicted molar refractivity (Wildman–Crippen MR) is 54.9 cm³/mol. The zero-order chi connectivity index (χ0) is 9.83. The first-order valence-electron chi connectivity index (χ1n) is 4.42. The Kier molecular flexibility index (Phi) is 12.3. The Morgan fingerprint density at radius 2 is 2.00 bits per heavy atom. The van der Waals surface area contributed by atoms with Crippen LogP contribution in [0.4, 0.5) is 0 Å². The van der Waals surface area contributed by atoms with Gasteiger partial charge < -0.3 is 11.1 Å². The van der Waals surface area contributed by atoms with Gasteiger partial charge in [0.15, 0.2) is 0 Å². The second-order valence-corrected chi connectivity index (χ2v) is 1.67. The van der Waals surface area contributed by atoms with Crippen LogP contribution in [-0.4, -0.2) is 25.3 Å². The van der Waals surface area contributed by atoms with E-state index >= 15 is 0 Å². The first-order valence-corrected chi connectivity index (χ1v) is 3.05. The van der Waals surface area contributed by atoms with E-state index in [9.17, 15) is 0 Å². The van der Waals surface area contributed by atoms with Gasteiger partial charge in [0, 0.05) is 17.8 Å². The fourth-order valence-corrected chi connectivity index (χ4v) is 0.439. The van der Waals surface area contributed by atoms with Gasteiger partial charge in [0.1, 0.15) is 0 Å². The molecule has 0 spiro atoms. The van der Waals surface area contributed by atoms with E-state index in [1.807, 2.05) is 0 Å². The third-order valence-corrected chi connectivity index (χ3v) is 0.828. The molecular formula is C5H16Cl2N2S. The van der Waals surface area contributed by atoms with Crippen LogP contribution in [0.5, 0.6) is 0 Å². The molecule has 0 saturated carbocycles. The molecular weight excluding hydrogens is 191 g/mol. The molecule has 5 heteroatoms. The van der Waals surface area contributed by atoms with Crippen LogP contribution in [0.25, 0.3) is 0 Å². The molecule has 0 aromatic heterocycles. The van der Waals surface area contributed by atoms with Crippen molar-refractivity contribution in [2.45, 2.75) is 6.37 Å². The van der Waals surface area contributed by atoms with Gasteiger partial charge in [0.2, 0.25) is 0 Å². The lowest BCUT2D eigenvalue weighted by atomic mass is 10.4. The van der Waals surface area contributed by atoms with E-state index in [-0.39, 0.29) is 31.4 Å². The third kappa shape index (κ3) is 15.9. The van der Waals surface area contributed by atoms with Crippen LogP contribution in [0, 0.1) is 0 Å². The minimum Gasteiger partial charge on any atom is -0.330 e. The number of hydrogen-bond acceptors (Lipinski definition) is 3. The summed E-state index contributed by atoms with van der Waals surface area (Å²) in [6, 6.07) is 0. The molecule has 0 amide bonds. The van der Waals surface area contributed by atoms with Crippen molar-refractivity contribution in [3.05, 3.63) is 0 Å². The summed E-state index contributed by atoms with van der Waals surface area (Å²) in [6.45, 7) is -1.87. The summed E-state index contributed by atoms with van der Waals surface area (Å²) in [5, 5.41) is 2.71. The van der Waals surface area contributed by atoms with Gasteiger partial charge in [-0.1, -0.05) is 0 Å². The molecule has 0 aromatic carbocycles. The van der Waals surface area contributed by atoms with Crippen LogP contribution < -0.4 is 11.1 Å². The number of rotatable bonds is 5. The molecule has 2 nitrogen and oxygen atoms in total. The molecule has 10 heavy (non-hydrogen) atoms. The number of hydrogen-bond donors (Lipinski definition) is 3. The third-order valence-electron chi connectivity index (χ3n) is 0.604. The molecule has 66 valence electrons. The average molecular weight is 211 g/mol. The van der Waals surface area contributed by atoms with E-state index in [2.05, 4.69) is 17.9 Å². The Balaban J connectivity index is -0.000000605. The highest BCUT2D eigenvalue weighted by molar-refractivity contribution is 7.80. The van der Waals surface area contributed by atoms with Crippen molar-refractivity contribution in [1.29, 1.82) is 0 Å². The van der Waals surface area contributed by atoms with E-state index in [0.717, 1.165) is 0 Å². The van der Waals surface area contributed by atoms with Gasteiger partial charge in [-0.05, 0) is 19.4 Å². The van der Waals surface area contributed by atoms with Crippen LogP contribution in [0.2, 0.25) is 0 Å². The minimum atomic E-state index is -2.31. The molecule has 0 bridgehead atoms. The van der Waals surface area contributed by atoms with Gasteiger partial charge in [-0.25, -0.2) is 0 Å². The maximum absolute atomic E-state index is 7.24. The Labute approximate surface area is 86.2 Å². The second-order valence-electron chi connectivity index (χ2n) is 1.22. The van der Waals surface area contributed by atoms with Crippen molar-refractivity contribution in [3.63, 3.8) is 0 Å². The predicted octanol–water partition coefficient (Wildman–Crippen LogP) is 0.698. The van der Waals surface area contributed by atoms with Crippen LogP contribution in [0.1, 0.15) is 11.9 Å². The maximum atomic E-state index is 7.24. The minimum absolute atomic E-state index is 0. The van der Waals surface area contributed by atoms with Crippen molar-refractivity contribution in [3.8, 4) is 0 Å². The number of nitrogens with one attached hydrogen (secondary N) is 1. The fraction of sp³-hybridized carbons (Fsp3) is 1.00. The molecule has 0 rings (SSSR count). The highest BCUT2D eigenvalue weighted by Gasteiger charge is 1.80. The van der Waals surface area contributed by atoms with Crippen molar-refractivity contribution in [2.75, 3.05) is 25.3 Å². The smallest absolute Gasteiger partial charge is 0.0426 e. The quantitative estimate of drug-likeness (QED) is 0.462. The van der Waals surface area contributed by atoms with Gasteiger partial charge in [0.25, 0.3) is 0 Å². The van der Waals surface area contributed by atoms with E-state index in [0.29, 0.717) is 12.3 Å². The first-order chi connectivity index (χ1) is 5.31. The van der Waals surface area contributed by atoms with E-state index in [1.165, 1.54) is 0 Å². The topological polar surface area (TPSA) is 38.0 Å². The van der Waals surface area contributed by atoms with Crippen LogP contribution in [0.15, 0.2) is 0 Å². The zero-order valence-corrected chi connectivity index (χ0v) is 7.99. The van der Waals surface area contributed by atoms with Gasteiger partial charge >= 0.3 is 0 Å². The first kappa shape index (κ1) is 7.50. The lowest BCUT2D eigenvalue weighted by Gasteiger charge is -1.97. The number of nitrogens with two attached hydrogens (primary N) is 1. The highest BCUT2D eigenvalue weighted by Crippen LogP contribution is 1.71. The molecule has 0 aliphatic rings. The number of halogens is 2. The van der Waals surface area contributed by atoms with Gasteiger partial charge in [0.05, 0.1) is 0 Å². The molecule has 0 aliphatic heterocycles. The highest BCUT2D eigenvalue weighted by atomic mass is 35.5. The Morgan fingerprint density at radius 1 is 1.40 bits per heavy atom. The van der Waals surface area contributed by atoms with Crippen molar-refractivity contribution in [2.24, 2.45) is 5.73 Å². The largest absolute Gasteiger partial charge is 0.330 e. The fourth-order valence-electron chi connectivity index (χ4n) is 0.281. The van der Waals surface area contributed by atoms with Crippen molar-refractivity contribution in [1.82, 2.24) is 5.32 Å². The molecule has 0 unspecified atom stereocenters. The number of thiol groups is 1. The average Bonchev–Trinajstić information content (AvgIpc) is 1.85. The van der Waals surface area contributed by atoms with E-state index in [1.54, 1.807) is 0 Å². The lowest BCUT2D eigenvalue weighted by molar-refractivity contribution is 0.683. The monoisotopic (exact) mass is 210 g/mol. The van der Waals surface area contributed by atoms with E-state index in [4.69, 9.17) is 11.2 Å². The molecule has 0 radical (unpaired) electrons. The summed E-state index contributed by atoms with van der Waals surface area (Å²) in [5.74, 6) is 0.587. The Hall–Kier alpha value is 0.850. The van der Waals surface area contributed by atoms with Gasteiger partial charge in [-0.3, -0.25) is 0 Å². The molecule has 0 heterocycles. The summed E-state index contributed by atoms with van der Waals surface area (Å²) >= 11 is 3.91. The summed E-state index contributed by atoms with van der Waals surface area (Å²) in [4.78, 5) is 0. The van der Waals surface area contributed by atoms with Crippen LogP contribution >= 0.6 is 37.4 Å². The molecule has 0 saturated heterocycles. The normalized spacial score (nSPS) is 16.6.